The van der Waals surface area contributed by atoms with Crippen LogP contribution >= 0.6 is 23.2 Å². The van der Waals surface area contributed by atoms with Crippen LogP contribution in [0.2, 0.25) is 5.15 Å². The van der Waals surface area contributed by atoms with Gasteiger partial charge in [0.2, 0.25) is 0 Å². The number of pyridine rings is 1. The summed E-state index contributed by atoms with van der Waals surface area (Å²) >= 11 is 12.4. The highest BCUT2D eigenvalue weighted by Gasteiger charge is 2.56. The van der Waals surface area contributed by atoms with E-state index in [1.54, 1.807) is 4.90 Å². The first-order valence-corrected chi connectivity index (χ1v) is 11.7. The van der Waals surface area contributed by atoms with E-state index in [1.165, 1.54) is 6.20 Å². The van der Waals surface area contributed by atoms with E-state index in [0.717, 1.165) is 6.42 Å². The summed E-state index contributed by atoms with van der Waals surface area (Å²) in [6, 6.07) is -0.512. The number of ether oxygens (including phenoxy) is 2. The predicted molar refractivity (Wildman–Crippen MR) is 116 cm³/mol. The van der Waals surface area contributed by atoms with Crippen molar-refractivity contribution in [3.63, 3.8) is 0 Å². The fourth-order valence-electron chi connectivity index (χ4n) is 5.29. The van der Waals surface area contributed by atoms with Gasteiger partial charge in [0.25, 0.3) is 0 Å². The second-order valence-corrected chi connectivity index (χ2v) is 9.72. The van der Waals surface area contributed by atoms with Crippen molar-refractivity contribution < 1.29 is 21.0 Å². The van der Waals surface area contributed by atoms with Gasteiger partial charge in [0.15, 0.2) is 11.0 Å². The smallest absolute Gasteiger partial charge is 0.319 e. The van der Waals surface area contributed by atoms with Gasteiger partial charge in [-0.2, -0.15) is 9.97 Å². The lowest BCUT2D eigenvalue weighted by Crippen LogP contribution is -2.43. The Balaban J connectivity index is 1.44. The maximum Gasteiger partial charge on any atom is 0.319 e. The third-order valence-electron chi connectivity index (χ3n) is 6.86. The summed E-state index contributed by atoms with van der Waals surface area (Å²) in [6.45, 7) is -0.458. The van der Waals surface area contributed by atoms with E-state index in [4.69, 9.17) is 35.4 Å². The van der Waals surface area contributed by atoms with E-state index in [2.05, 4.69) is 15.0 Å². The Morgan fingerprint density at radius 2 is 2.22 bits per heavy atom. The molecule has 0 amide bonds. The minimum Gasteiger partial charge on any atom is -0.461 e. The van der Waals surface area contributed by atoms with Gasteiger partial charge in [-0.05, 0) is 25.8 Å². The maximum absolute atomic E-state index is 15.0. The third-order valence-corrected chi connectivity index (χ3v) is 7.63. The summed E-state index contributed by atoms with van der Waals surface area (Å²) in [4.78, 5) is 16.3. The van der Waals surface area contributed by atoms with Crippen LogP contribution in [0, 0.1) is 5.82 Å². The monoisotopic (exact) mass is 487 g/mol. The Hall–Kier alpha value is -1.55. The van der Waals surface area contributed by atoms with Crippen LogP contribution in [0.3, 0.4) is 0 Å². The number of hydrogen-bond acceptors (Lipinski definition) is 7. The molecule has 3 saturated heterocycles. The first kappa shape index (κ1) is 18.8. The zero-order valence-electron chi connectivity index (χ0n) is 19.1. The van der Waals surface area contributed by atoms with Crippen molar-refractivity contribution in [2.75, 3.05) is 37.7 Å². The molecule has 1 aliphatic carbocycles. The summed E-state index contributed by atoms with van der Waals surface area (Å²) in [5.41, 5.74) is -1.25. The molecule has 3 aliphatic heterocycles. The first-order valence-electron chi connectivity index (χ1n) is 11.8. The number of hydrogen-bond donors (Lipinski definition) is 0. The van der Waals surface area contributed by atoms with Gasteiger partial charge in [-0.3, -0.25) is 4.90 Å². The summed E-state index contributed by atoms with van der Waals surface area (Å²) in [5, 5.41) is -0.296. The van der Waals surface area contributed by atoms with Crippen molar-refractivity contribution in [3.8, 4) is 6.01 Å². The van der Waals surface area contributed by atoms with Gasteiger partial charge in [-0.15, -0.1) is 11.6 Å². The Kier molecular flexibility index (Phi) is 4.56. The molecular formula is C21H23Cl2F2N5O2. The van der Waals surface area contributed by atoms with Gasteiger partial charge in [0.1, 0.15) is 24.1 Å². The molecule has 2 aromatic heterocycles. The van der Waals surface area contributed by atoms with Gasteiger partial charge in [-0.1, -0.05) is 11.6 Å². The number of halogens is 4. The van der Waals surface area contributed by atoms with Crippen LogP contribution in [-0.4, -0.2) is 81.9 Å². The zero-order valence-corrected chi connectivity index (χ0v) is 18.6. The molecule has 32 heavy (non-hydrogen) atoms. The van der Waals surface area contributed by atoms with Crippen LogP contribution in [0.15, 0.2) is 6.20 Å². The SMILES string of the molecule is [2H]C([2H])(Oc1nc(N2CCCO[C@@H]3[C@@H](Cl)[C@@H]32)c2cnc(Cl)c(F)c2n1)[C@@]12CCCN1C[C@H](F)C2. The van der Waals surface area contributed by atoms with Crippen molar-refractivity contribution in [2.24, 2.45) is 0 Å². The summed E-state index contributed by atoms with van der Waals surface area (Å²) in [7, 11) is 0. The normalized spacial score (nSPS) is 35.8. The highest BCUT2D eigenvalue weighted by Crippen LogP contribution is 2.44. The molecule has 0 unspecified atom stereocenters. The van der Waals surface area contributed by atoms with Gasteiger partial charge in [0, 0.05) is 32.3 Å². The molecule has 0 bridgehead atoms. The first-order chi connectivity index (χ1) is 16.2. The molecule has 172 valence electrons. The van der Waals surface area contributed by atoms with Crippen LogP contribution in [0.1, 0.15) is 28.4 Å². The van der Waals surface area contributed by atoms with Gasteiger partial charge < -0.3 is 14.4 Å². The van der Waals surface area contributed by atoms with Crippen LogP contribution in [0.25, 0.3) is 10.9 Å². The zero-order chi connectivity index (χ0) is 23.8. The van der Waals surface area contributed by atoms with E-state index < -0.39 is 24.1 Å². The molecule has 6 rings (SSSR count). The Morgan fingerprint density at radius 1 is 1.34 bits per heavy atom. The topological polar surface area (TPSA) is 63.6 Å². The second-order valence-electron chi connectivity index (χ2n) is 8.86. The largest absolute Gasteiger partial charge is 0.461 e. The number of aromatic nitrogens is 3. The molecule has 1 saturated carbocycles. The van der Waals surface area contributed by atoms with E-state index in [0.29, 0.717) is 43.7 Å². The van der Waals surface area contributed by atoms with Gasteiger partial charge >= 0.3 is 6.01 Å². The Labute approximate surface area is 196 Å². The van der Waals surface area contributed by atoms with Crippen molar-refractivity contribution in [1.29, 1.82) is 0 Å². The molecular weight excluding hydrogens is 463 g/mol. The second kappa shape index (κ2) is 7.75. The van der Waals surface area contributed by atoms with Crippen molar-refractivity contribution >= 4 is 39.9 Å². The maximum atomic E-state index is 15.0. The van der Waals surface area contributed by atoms with Crippen LogP contribution in [-0.2, 0) is 4.74 Å². The molecule has 0 aromatic carbocycles. The summed E-state index contributed by atoms with van der Waals surface area (Å²) in [5.74, 6) is -0.516. The predicted octanol–water partition coefficient (Wildman–Crippen LogP) is 3.36. The van der Waals surface area contributed by atoms with Crippen LogP contribution < -0.4 is 9.64 Å². The molecule has 0 radical (unpaired) electrons. The molecule has 7 nitrogen and oxygen atoms in total. The van der Waals surface area contributed by atoms with E-state index in [1.807, 2.05) is 4.90 Å². The number of rotatable bonds is 4. The minimum absolute atomic E-state index is 0.0195. The van der Waals surface area contributed by atoms with Crippen LogP contribution in [0.5, 0.6) is 6.01 Å². The van der Waals surface area contributed by atoms with Crippen molar-refractivity contribution in [3.05, 3.63) is 17.2 Å². The van der Waals surface area contributed by atoms with E-state index in [9.17, 15) is 4.39 Å². The number of alkyl halides is 2. The van der Waals surface area contributed by atoms with Crippen molar-refractivity contribution in [2.45, 2.75) is 54.9 Å². The number of anilines is 1. The quantitative estimate of drug-likeness (QED) is 0.483. The Bertz CT molecular complexity index is 1150. The van der Waals surface area contributed by atoms with Gasteiger partial charge in [0.05, 0.1) is 31.2 Å². The van der Waals surface area contributed by atoms with E-state index >= 15 is 4.39 Å². The molecule has 5 atom stereocenters. The molecule has 5 heterocycles. The lowest BCUT2D eigenvalue weighted by Gasteiger charge is -2.31. The Morgan fingerprint density at radius 3 is 3.09 bits per heavy atom. The van der Waals surface area contributed by atoms with E-state index in [-0.39, 0.29) is 47.2 Å². The fraction of sp³-hybridized carbons (Fsp3) is 0.667. The average molecular weight is 488 g/mol. The lowest BCUT2D eigenvalue weighted by molar-refractivity contribution is 0.107. The third kappa shape index (κ3) is 3.31. The molecule has 4 fully saturated rings. The molecule has 2 aromatic rings. The summed E-state index contributed by atoms with van der Waals surface area (Å²) in [6.07, 6.45) is 1.99. The number of nitrogens with zero attached hydrogens (tertiary/aromatic N) is 5. The molecule has 0 N–H and O–H groups in total. The average Bonchev–Trinajstić information content (AvgIpc) is 3.14. The lowest BCUT2D eigenvalue weighted by atomic mass is 9.95. The molecule has 4 aliphatic rings. The molecule has 0 spiro atoms. The highest BCUT2D eigenvalue weighted by molar-refractivity contribution is 6.30. The van der Waals surface area contributed by atoms with Gasteiger partial charge in [-0.25, -0.2) is 13.8 Å². The minimum atomic E-state index is -2.30. The standard InChI is InChI=1S/C21H23Cl2F2N5O2/c22-13-16-17(13)31-6-2-5-30(16)19-12-8-26-18(23)14(25)15(12)27-20(28-19)32-10-21-3-1-4-29(21)9-11(24)7-21/h8,11,13,16-17H,1-7,9-10H2/t11-,13+,16+,17-,21+/m1/s1/i10D2. The molecule has 11 heteroatoms. The number of fused-ring (bicyclic) bond motifs is 3. The van der Waals surface area contributed by atoms with Crippen molar-refractivity contribution in [1.82, 2.24) is 19.9 Å². The fourth-order valence-corrected chi connectivity index (χ4v) is 5.84. The highest BCUT2D eigenvalue weighted by atomic mass is 35.5. The van der Waals surface area contributed by atoms with Crippen LogP contribution in [0.4, 0.5) is 14.6 Å². The summed E-state index contributed by atoms with van der Waals surface area (Å²) < 4.78 is 58.4.